The molecule has 0 amide bonds. The van der Waals surface area contributed by atoms with Gasteiger partial charge in [-0.25, -0.2) is 0 Å². The minimum Gasteiger partial charge on any atom is -0.483 e. The van der Waals surface area contributed by atoms with Crippen molar-refractivity contribution >= 4 is 11.5 Å². The van der Waals surface area contributed by atoms with Crippen molar-refractivity contribution in [1.82, 2.24) is 0 Å². The first-order chi connectivity index (χ1) is 9.08. The van der Waals surface area contributed by atoms with Crippen LogP contribution in [0.5, 0.6) is 5.75 Å². The lowest BCUT2D eigenvalue weighted by Gasteiger charge is -2.09. The summed E-state index contributed by atoms with van der Waals surface area (Å²) in [5.41, 5.74) is 9.03. The standard InChI is InChI=1S/C16H17NO2/c1-11-7-8-12(2)13(9-11)15(18)10-19-16-6-4-3-5-14(16)17/h3-9H,10,17H2,1-2H3. The van der Waals surface area contributed by atoms with E-state index in [2.05, 4.69) is 0 Å². The Labute approximate surface area is 113 Å². The molecule has 0 aliphatic heterocycles. The van der Waals surface area contributed by atoms with E-state index in [1.807, 2.05) is 44.2 Å². The summed E-state index contributed by atoms with van der Waals surface area (Å²) in [5, 5.41) is 0. The molecule has 2 rings (SSSR count). The fourth-order valence-corrected chi connectivity index (χ4v) is 1.87. The van der Waals surface area contributed by atoms with Gasteiger partial charge in [-0.3, -0.25) is 4.79 Å². The van der Waals surface area contributed by atoms with Crippen LogP contribution in [0.3, 0.4) is 0 Å². The Kier molecular flexibility index (Phi) is 3.85. The van der Waals surface area contributed by atoms with Crippen molar-refractivity contribution in [2.45, 2.75) is 13.8 Å². The Morgan fingerprint density at radius 1 is 1.16 bits per heavy atom. The molecule has 0 unspecified atom stereocenters. The predicted molar refractivity (Wildman–Crippen MR) is 76.6 cm³/mol. The van der Waals surface area contributed by atoms with E-state index in [-0.39, 0.29) is 12.4 Å². The first kappa shape index (κ1) is 13.1. The molecule has 0 heterocycles. The first-order valence-corrected chi connectivity index (χ1v) is 6.15. The minimum atomic E-state index is -0.0375. The number of rotatable bonds is 4. The fourth-order valence-electron chi connectivity index (χ4n) is 1.87. The summed E-state index contributed by atoms with van der Waals surface area (Å²) in [6.45, 7) is 3.88. The highest BCUT2D eigenvalue weighted by Crippen LogP contribution is 2.20. The number of aryl methyl sites for hydroxylation is 2. The summed E-state index contributed by atoms with van der Waals surface area (Å²) < 4.78 is 5.47. The van der Waals surface area contributed by atoms with Crippen molar-refractivity contribution in [3.8, 4) is 5.75 Å². The zero-order valence-corrected chi connectivity index (χ0v) is 11.1. The zero-order chi connectivity index (χ0) is 13.8. The number of ketones is 1. The lowest BCUT2D eigenvalue weighted by Crippen LogP contribution is -2.13. The zero-order valence-electron chi connectivity index (χ0n) is 11.1. The molecular formula is C16H17NO2. The molecule has 3 nitrogen and oxygen atoms in total. The van der Waals surface area contributed by atoms with Crippen LogP contribution in [0.25, 0.3) is 0 Å². The van der Waals surface area contributed by atoms with Crippen LogP contribution in [0.4, 0.5) is 5.69 Å². The van der Waals surface area contributed by atoms with Gasteiger partial charge in [-0.05, 0) is 37.6 Å². The Morgan fingerprint density at radius 2 is 1.89 bits per heavy atom. The number of para-hydroxylation sites is 2. The second kappa shape index (κ2) is 5.57. The second-order valence-corrected chi connectivity index (χ2v) is 4.57. The molecule has 98 valence electrons. The quantitative estimate of drug-likeness (QED) is 0.674. The average molecular weight is 255 g/mol. The molecule has 19 heavy (non-hydrogen) atoms. The highest BCUT2D eigenvalue weighted by molar-refractivity contribution is 5.98. The van der Waals surface area contributed by atoms with E-state index < -0.39 is 0 Å². The van der Waals surface area contributed by atoms with Gasteiger partial charge >= 0.3 is 0 Å². The van der Waals surface area contributed by atoms with Gasteiger partial charge in [0.15, 0.2) is 12.4 Å². The molecule has 2 N–H and O–H groups in total. The van der Waals surface area contributed by atoms with Crippen LogP contribution < -0.4 is 10.5 Å². The molecule has 3 heteroatoms. The molecule has 0 spiro atoms. The number of hydrogen-bond acceptors (Lipinski definition) is 3. The van der Waals surface area contributed by atoms with E-state index in [0.717, 1.165) is 11.1 Å². The van der Waals surface area contributed by atoms with Gasteiger partial charge in [-0.1, -0.05) is 29.8 Å². The maximum atomic E-state index is 12.1. The third-order valence-corrected chi connectivity index (χ3v) is 2.97. The van der Waals surface area contributed by atoms with Gasteiger partial charge in [0.2, 0.25) is 0 Å². The number of nitrogens with two attached hydrogens (primary N) is 1. The third-order valence-electron chi connectivity index (χ3n) is 2.97. The summed E-state index contributed by atoms with van der Waals surface area (Å²) in [7, 11) is 0. The minimum absolute atomic E-state index is 0.00148. The van der Waals surface area contributed by atoms with Gasteiger partial charge in [0.05, 0.1) is 5.69 Å². The van der Waals surface area contributed by atoms with Crippen LogP contribution in [-0.2, 0) is 0 Å². The number of carbonyl (C=O) groups is 1. The van der Waals surface area contributed by atoms with E-state index in [1.165, 1.54) is 0 Å². The SMILES string of the molecule is Cc1ccc(C)c(C(=O)COc2ccccc2N)c1. The van der Waals surface area contributed by atoms with Crippen LogP contribution in [0.1, 0.15) is 21.5 Å². The highest BCUT2D eigenvalue weighted by Gasteiger charge is 2.10. The maximum absolute atomic E-state index is 12.1. The van der Waals surface area contributed by atoms with Crippen LogP contribution in [-0.4, -0.2) is 12.4 Å². The van der Waals surface area contributed by atoms with Crippen molar-refractivity contribution in [2.24, 2.45) is 0 Å². The van der Waals surface area contributed by atoms with Crippen LogP contribution in [0.2, 0.25) is 0 Å². The number of hydrogen-bond donors (Lipinski definition) is 1. The van der Waals surface area contributed by atoms with Crippen molar-refractivity contribution in [3.05, 3.63) is 59.2 Å². The fraction of sp³-hybridized carbons (Fsp3) is 0.188. The van der Waals surface area contributed by atoms with Crippen LogP contribution >= 0.6 is 0 Å². The maximum Gasteiger partial charge on any atom is 0.200 e. The van der Waals surface area contributed by atoms with Gasteiger partial charge in [-0.2, -0.15) is 0 Å². The van der Waals surface area contributed by atoms with Crippen LogP contribution in [0.15, 0.2) is 42.5 Å². The summed E-state index contributed by atoms with van der Waals surface area (Å²) in [5.74, 6) is 0.505. The molecule has 0 aliphatic rings. The van der Waals surface area contributed by atoms with E-state index in [0.29, 0.717) is 17.0 Å². The van der Waals surface area contributed by atoms with Gasteiger partial charge in [0.1, 0.15) is 5.75 Å². The number of carbonyl (C=O) groups excluding carboxylic acids is 1. The summed E-state index contributed by atoms with van der Waals surface area (Å²) in [4.78, 5) is 12.1. The van der Waals surface area contributed by atoms with Crippen molar-refractivity contribution < 1.29 is 9.53 Å². The lowest BCUT2D eigenvalue weighted by molar-refractivity contribution is 0.0921. The van der Waals surface area contributed by atoms with Gasteiger partial charge in [0, 0.05) is 5.56 Å². The normalized spacial score (nSPS) is 10.2. The number of ether oxygens (including phenoxy) is 1. The van der Waals surface area contributed by atoms with E-state index in [9.17, 15) is 4.79 Å². The van der Waals surface area contributed by atoms with Gasteiger partial charge in [-0.15, -0.1) is 0 Å². The second-order valence-electron chi connectivity index (χ2n) is 4.57. The highest BCUT2D eigenvalue weighted by atomic mass is 16.5. The van der Waals surface area contributed by atoms with Crippen LogP contribution in [0, 0.1) is 13.8 Å². The molecule has 0 bridgehead atoms. The Hall–Kier alpha value is -2.29. The van der Waals surface area contributed by atoms with Gasteiger partial charge in [0.25, 0.3) is 0 Å². The lowest BCUT2D eigenvalue weighted by atomic mass is 10.0. The largest absolute Gasteiger partial charge is 0.483 e. The molecule has 0 fully saturated rings. The van der Waals surface area contributed by atoms with Gasteiger partial charge < -0.3 is 10.5 Å². The molecule has 2 aromatic rings. The number of nitrogen functional groups attached to an aromatic ring is 1. The Morgan fingerprint density at radius 3 is 2.63 bits per heavy atom. The summed E-state index contributed by atoms with van der Waals surface area (Å²) in [6, 6.07) is 13.0. The van der Waals surface area contributed by atoms with Crippen molar-refractivity contribution in [2.75, 3.05) is 12.3 Å². The molecule has 0 saturated heterocycles. The molecule has 0 radical (unpaired) electrons. The Balaban J connectivity index is 2.10. The molecule has 0 aromatic heterocycles. The van der Waals surface area contributed by atoms with Crippen molar-refractivity contribution in [1.29, 1.82) is 0 Å². The smallest absolute Gasteiger partial charge is 0.200 e. The molecule has 0 aliphatic carbocycles. The Bertz CT molecular complexity index is 605. The third kappa shape index (κ3) is 3.13. The molecule has 2 aromatic carbocycles. The molecular weight excluding hydrogens is 238 g/mol. The molecule has 0 atom stereocenters. The number of benzene rings is 2. The predicted octanol–water partition coefficient (Wildman–Crippen LogP) is 3.15. The topological polar surface area (TPSA) is 52.3 Å². The monoisotopic (exact) mass is 255 g/mol. The molecule has 0 saturated carbocycles. The van der Waals surface area contributed by atoms with E-state index in [4.69, 9.17) is 10.5 Å². The van der Waals surface area contributed by atoms with E-state index >= 15 is 0 Å². The first-order valence-electron chi connectivity index (χ1n) is 6.15. The summed E-state index contributed by atoms with van der Waals surface area (Å²) >= 11 is 0. The van der Waals surface area contributed by atoms with Crippen molar-refractivity contribution in [3.63, 3.8) is 0 Å². The average Bonchev–Trinajstić information content (AvgIpc) is 2.40. The number of anilines is 1. The van der Waals surface area contributed by atoms with E-state index in [1.54, 1.807) is 12.1 Å². The number of Topliss-reactive ketones (excluding diaryl/α,β-unsaturated/α-hetero) is 1. The summed E-state index contributed by atoms with van der Waals surface area (Å²) in [6.07, 6.45) is 0.